The molecule has 0 spiro atoms. The zero-order chi connectivity index (χ0) is 18.2. The lowest BCUT2D eigenvalue weighted by Gasteiger charge is -2.12. The Balaban J connectivity index is 1.97. The van der Waals surface area contributed by atoms with Crippen LogP contribution in [-0.2, 0) is 11.2 Å². The van der Waals surface area contributed by atoms with Crippen LogP contribution in [0.5, 0.6) is 11.5 Å². The molecule has 0 aromatic heterocycles. The van der Waals surface area contributed by atoms with Gasteiger partial charge in [0.15, 0.2) is 0 Å². The Morgan fingerprint density at radius 2 is 1.72 bits per heavy atom. The Morgan fingerprint density at radius 1 is 1.00 bits per heavy atom. The van der Waals surface area contributed by atoms with Crippen molar-refractivity contribution >= 4 is 17.5 Å². The highest BCUT2D eigenvalue weighted by Crippen LogP contribution is 2.23. The van der Waals surface area contributed by atoms with Gasteiger partial charge in [-0.25, -0.2) is 0 Å². The van der Waals surface area contributed by atoms with E-state index in [4.69, 9.17) is 9.47 Å². The Labute approximate surface area is 147 Å². The number of methoxy groups -OCH3 is 2. The summed E-state index contributed by atoms with van der Waals surface area (Å²) < 4.78 is 10.4. The molecule has 2 aromatic carbocycles. The fourth-order valence-corrected chi connectivity index (χ4v) is 2.41. The molecule has 6 heteroatoms. The standard InChI is InChI=1S/C19H22N2O4/c1-13(22)21-16-6-9-18(25-3)15(12-16)10-11-20-19(23)14-4-7-17(24-2)8-5-14/h4-9,12H,10-11H2,1-3H3,(H,20,23)(H,21,22). The zero-order valence-corrected chi connectivity index (χ0v) is 14.6. The summed E-state index contributed by atoms with van der Waals surface area (Å²) in [6, 6.07) is 12.3. The van der Waals surface area contributed by atoms with Crippen molar-refractivity contribution in [2.75, 3.05) is 26.1 Å². The third-order valence-corrected chi connectivity index (χ3v) is 3.63. The predicted octanol–water partition coefficient (Wildman–Crippen LogP) is 2.63. The second-order valence-corrected chi connectivity index (χ2v) is 5.44. The van der Waals surface area contributed by atoms with Gasteiger partial charge in [0, 0.05) is 24.7 Å². The Kier molecular flexibility index (Phi) is 6.39. The number of rotatable bonds is 7. The van der Waals surface area contributed by atoms with Crippen LogP contribution in [0, 0.1) is 0 Å². The average molecular weight is 342 g/mol. The number of carbonyl (C=O) groups is 2. The summed E-state index contributed by atoms with van der Waals surface area (Å²) in [7, 11) is 3.17. The van der Waals surface area contributed by atoms with Gasteiger partial charge >= 0.3 is 0 Å². The lowest BCUT2D eigenvalue weighted by atomic mass is 10.1. The van der Waals surface area contributed by atoms with Crippen LogP contribution in [0.1, 0.15) is 22.8 Å². The summed E-state index contributed by atoms with van der Waals surface area (Å²) in [4.78, 5) is 23.3. The highest BCUT2D eigenvalue weighted by atomic mass is 16.5. The van der Waals surface area contributed by atoms with E-state index in [2.05, 4.69) is 10.6 Å². The monoisotopic (exact) mass is 342 g/mol. The van der Waals surface area contributed by atoms with Crippen LogP contribution >= 0.6 is 0 Å². The number of hydrogen-bond acceptors (Lipinski definition) is 4. The maximum atomic E-state index is 12.2. The highest BCUT2D eigenvalue weighted by molar-refractivity contribution is 5.94. The molecule has 0 atom stereocenters. The van der Waals surface area contributed by atoms with Crippen molar-refractivity contribution in [3.8, 4) is 11.5 Å². The molecule has 25 heavy (non-hydrogen) atoms. The first-order chi connectivity index (χ1) is 12.0. The molecule has 0 aliphatic rings. The van der Waals surface area contributed by atoms with Crippen LogP contribution in [0.3, 0.4) is 0 Å². The van der Waals surface area contributed by atoms with E-state index in [1.165, 1.54) is 6.92 Å². The molecule has 0 aliphatic heterocycles. The molecule has 2 N–H and O–H groups in total. The van der Waals surface area contributed by atoms with Crippen molar-refractivity contribution in [3.05, 3.63) is 53.6 Å². The Morgan fingerprint density at radius 3 is 2.32 bits per heavy atom. The van der Waals surface area contributed by atoms with Gasteiger partial charge < -0.3 is 20.1 Å². The fourth-order valence-electron chi connectivity index (χ4n) is 2.41. The zero-order valence-electron chi connectivity index (χ0n) is 14.6. The molecule has 0 saturated heterocycles. The second-order valence-electron chi connectivity index (χ2n) is 5.44. The number of benzene rings is 2. The first-order valence-corrected chi connectivity index (χ1v) is 7.90. The molecule has 132 valence electrons. The molecule has 0 aliphatic carbocycles. The van der Waals surface area contributed by atoms with Gasteiger partial charge in [0.2, 0.25) is 5.91 Å². The summed E-state index contributed by atoms with van der Waals surface area (Å²) in [5.74, 6) is 1.13. The van der Waals surface area contributed by atoms with Gasteiger partial charge in [-0.2, -0.15) is 0 Å². The summed E-state index contributed by atoms with van der Waals surface area (Å²) >= 11 is 0. The van der Waals surface area contributed by atoms with E-state index in [0.29, 0.717) is 35.7 Å². The largest absolute Gasteiger partial charge is 0.497 e. The lowest BCUT2D eigenvalue weighted by Crippen LogP contribution is -2.25. The minimum atomic E-state index is -0.153. The number of anilines is 1. The Bertz CT molecular complexity index is 742. The van der Waals surface area contributed by atoms with Gasteiger partial charge in [0.1, 0.15) is 11.5 Å². The van der Waals surface area contributed by atoms with Crippen molar-refractivity contribution in [3.63, 3.8) is 0 Å². The van der Waals surface area contributed by atoms with Crippen molar-refractivity contribution in [1.29, 1.82) is 0 Å². The number of amides is 2. The molecule has 0 radical (unpaired) electrons. The van der Waals surface area contributed by atoms with E-state index >= 15 is 0 Å². The molecule has 0 saturated carbocycles. The van der Waals surface area contributed by atoms with Crippen LogP contribution in [0.25, 0.3) is 0 Å². The van der Waals surface area contributed by atoms with Crippen molar-refractivity contribution in [2.45, 2.75) is 13.3 Å². The lowest BCUT2D eigenvalue weighted by molar-refractivity contribution is -0.114. The minimum Gasteiger partial charge on any atom is -0.497 e. The van der Waals surface area contributed by atoms with Gasteiger partial charge in [-0.15, -0.1) is 0 Å². The van der Waals surface area contributed by atoms with Crippen LogP contribution < -0.4 is 20.1 Å². The first kappa shape index (κ1) is 18.3. The van der Waals surface area contributed by atoms with E-state index in [1.54, 1.807) is 50.6 Å². The number of ether oxygens (including phenoxy) is 2. The molecule has 2 amide bonds. The maximum absolute atomic E-state index is 12.2. The SMILES string of the molecule is COc1ccc(C(=O)NCCc2cc(NC(C)=O)ccc2OC)cc1. The summed E-state index contributed by atoms with van der Waals surface area (Å²) in [5, 5.41) is 5.61. The fraction of sp³-hybridized carbons (Fsp3) is 0.263. The van der Waals surface area contributed by atoms with E-state index in [0.717, 1.165) is 5.56 Å². The third kappa shape index (κ3) is 5.24. The average Bonchev–Trinajstić information content (AvgIpc) is 2.61. The smallest absolute Gasteiger partial charge is 0.251 e. The minimum absolute atomic E-state index is 0.135. The van der Waals surface area contributed by atoms with Crippen LogP contribution in [-0.4, -0.2) is 32.6 Å². The van der Waals surface area contributed by atoms with Crippen LogP contribution in [0.2, 0.25) is 0 Å². The second kappa shape index (κ2) is 8.73. The van der Waals surface area contributed by atoms with E-state index in [9.17, 15) is 9.59 Å². The van der Waals surface area contributed by atoms with Gasteiger partial charge in [-0.05, 0) is 54.4 Å². The van der Waals surface area contributed by atoms with E-state index in [-0.39, 0.29) is 11.8 Å². The predicted molar refractivity (Wildman–Crippen MR) is 96.3 cm³/mol. The van der Waals surface area contributed by atoms with Crippen molar-refractivity contribution < 1.29 is 19.1 Å². The van der Waals surface area contributed by atoms with E-state index < -0.39 is 0 Å². The molecule has 2 rings (SSSR count). The topological polar surface area (TPSA) is 76.7 Å². The highest BCUT2D eigenvalue weighted by Gasteiger charge is 2.08. The first-order valence-electron chi connectivity index (χ1n) is 7.90. The van der Waals surface area contributed by atoms with Crippen molar-refractivity contribution in [1.82, 2.24) is 5.32 Å². The van der Waals surface area contributed by atoms with Crippen LogP contribution in [0.15, 0.2) is 42.5 Å². The number of carbonyl (C=O) groups excluding carboxylic acids is 2. The molecular formula is C19H22N2O4. The molecule has 0 heterocycles. The molecule has 0 bridgehead atoms. The van der Waals surface area contributed by atoms with Gasteiger partial charge in [0.05, 0.1) is 14.2 Å². The Hall–Kier alpha value is -3.02. The molecule has 6 nitrogen and oxygen atoms in total. The van der Waals surface area contributed by atoms with Gasteiger partial charge in [-0.1, -0.05) is 0 Å². The quantitative estimate of drug-likeness (QED) is 0.811. The number of hydrogen-bond donors (Lipinski definition) is 2. The summed E-state index contributed by atoms with van der Waals surface area (Å²) in [6.45, 7) is 1.91. The van der Waals surface area contributed by atoms with Gasteiger partial charge in [0.25, 0.3) is 5.91 Å². The van der Waals surface area contributed by atoms with E-state index in [1.807, 2.05) is 6.07 Å². The summed E-state index contributed by atoms with van der Waals surface area (Å²) in [6.07, 6.45) is 0.582. The number of nitrogens with one attached hydrogen (secondary N) is 2. The molecule has 2 aromatic rings. The molecule has 0 unspecified atom stereocenters. The maximum Gasteiger partial charge on any atom is 0.251 e. The van der Waals surface area contributed by atoms with Gasteiger partial charge in [-0.3, -0.25) is 9.59 Å². The third-order valence-electron chi connectivity index (χ3n) is 3.63. The summed E-state index contributed by atoms with van der Waals surface area (Å²) in [5.41, 5.74) is 2.17. The molecular weight excluding hydrogens is 320 g/mol. The normalized spacial score (nSPS) is 10.0. The van der Waals surface area contributed by atoms with Crippen LogP contribution in [0.4, 0.5) is 5.69 Å². The van der Waals surface area contributed by atoms with Crippen molar-refractivity contribution in [2.24, 2.45) is 0 Å². The molecule has 0 fully saturated rings.